The highest BCUT2D eigenvalue weighted by molar-refractivity contribution is 5.87. The van der Waals surface area contributed by atoms with Crippen LogP contribution in [0.1, 0.15) is 37.8 Å². The van der Waals surface area contributed by atoms with Crippen LogP contribution >= 0.6 is 0 Å². The van der Waals surface area contributed by atoms with Crippen molar-refractivity contribution in [1.29, 1.82) is 0 Å². The second-order valence-electron chi connectivity index (χ2n) is 6.34. The number of amides is 2. The lowest BCUT2D eigenvalue weighted by Gasteiger charge is -2.18. The van der Waals surface area contributed by atoms with Crippen molar-refractivity contribution in [3.63, 3.8) is 0 Å². The molecule has 0 saturated heterocycles. The van der Waals surface area contributed by atoms with Crippen molar-refractivity contribution < 1.29 is 9.21 Å². The number of aryl methyl sites for hydroxylation is 1. The Kier molecular flexibility index (Phi) is 4.49. The summed E-state index contributed by atoms with van der Waals surface area (Å²) in [6, 6.07) is 5.26. The summed E-state index contributed by atoms with van der Waals surface area (Å²) in [7, 11) is 1.72. The van der Waals surface area contributed by atoms with Crippen LogP contribution in [0.4, 0.5) is 10.6 Å². The van der Waals surface area contributed by atoms with Gasteiger partial charge in [-0.1, -0.05) is 20.8 Å². The number of nitrogens with one attached hydrogen (secondary N) is 1. The SMILES string of the molecule is Cc1occc1CN(C)C(=O)Nc1ccc(C(C)(C)C)nn1. The molecule has 0 radical (unpaired) electrons. The zero-order chi connectivity index (χ0) is 16.3. The highest BCUT2D eigenvalue weighted by atomic mass is 16.3. The molecule has 2 heterocycles. The minimum atomic E-state index is -0.238. The molecule has 0 unspecified atom stereocenters. The first-order valence-electron chi connectivity index (χ1n) is 7.16. The van der Waals surface area contributed by atoms with Crippen LogP contribution in [0.2, 0.25) is 0 Å². The molecule has 0 fully saturated rings. The van der Waals surface area contributed by atoms with Gasteiger partial charge in [0.05, 0.1) is 18.5 Å². The van der Waals surface area contributed by atoms with Gasteiger partial charge in [-0.3, -0.25) is 5.32 Å². The number of rotatable bonds is 3. The summed E-state index contributed by atoms with van der Waals surface area (Å²) >= 11 is 0. The summed E-state index contributed by atoms with van der Waals surface area (Å²) in [6.45, 7) is 8.54. The predicted octanol–water partition coefficient (Wildman–Crippen LogP) is 3.34. The van der Waals surface area contributed by atoms with Gasteiger partial charge in [0.1, 0.15) is 5.76 Å². The summed E-state index contributed by atoms with van der Waals surface area (Å²) in [6.07, 6.45) is 1.62. The lowest BCUT2D eigenvalue weighted by Crippen LogP contribution is -2.31. The first-order valence-corrected chi connectivity index (χ1v) is 7.16. The average Bonchev–Trinajstić information content (AvgIpc) is 2.84. The normalized spacial score (nSPS) is 11.3. The number of nitrogens with zero attached hydrogens (tertiary/aromatic N) is 3. The third kappa shape index (κ3) is 3.84. The van der Waals surface area contributed by atoms with Crippen molar-refractivity contribution in [2.75, 3.05) is 12.4 Å². The summed E-state index contributed by atoms with van der Waals surface area (Å²) in [5, 5.41) is 10.9. The van der Waals surface area contributed by atoms with E-state index in [1.165, 1.54) is 0 Å². The largest absolute Gasteiger partial charge is 0.469 e. The van der Waals surface area contributed by atoms with Crippen LogP contribution in [0.25, 0.3) is 0 Å². The van der Waals surface area contributed by atoms with E-state index in [1.54, 1.807) is 24.3 Å². The summed E-state index contributed by atoms with van der Waals surface area (Å²) in [5.41, 5.74) is 1.80. The molecule has 0 bridgehead atoms. The van der Waals surface area contributed by atoms with Crippen molar-refractivity contribution in [3.8, 4) is 0 Å². The van der Waals surface area contributed by atoms with Gasteiger partial charge in [-0.2, -0.15) is 5.10 Å². The van der Waals surface area contributed by atoms with Gasteiger partial charge in [0, 0.05) is 18.0 Å². The molecule has 2 rings (SSSR count). The summed E-state index contributed by atoms with van der Waals surface area (Å²) < 4.78 is 5.23. The van der Waals surface area contributed by atoms with Crippen LogP contribution in [0.15, 0.2) is 28.9 Å². The number of hydrogen-bond donors (Lipinski definition) is 1. The Bertz CT molecular complexity index is 641. The molecule has 0 aromatic carbocycles. The Morgan fingerprint density at radius 3 is 2.50 bits per heavy atom. The van der Waals surface area contributed by atoms with Gasteiger partial charge < -0.3 is 9.32 Å². The zero-order valence-corrected chi connectivity index (χ0v) is 13.7. The van der Waals surface area contributed by atoms with E-state index >= 15 is 0 Å². The van der Waals surface area contributed by atoms with E-state index in [4.69, 9.17) is 4.42 Å². The van der Waals surface area contributed by atoms with E-state index in [1.807, 2.05) is 19.1 Å². The fourth-order valence-corrected chi connectivity index (χ4v) is 1.91. The maximum Gasteiger partial charge on any atom is 0.323 e. The smallest absolute Gasteiger partial charge is 0.323 e. The molecule has 0 atom stereocenters. The van der Waals surface area contributed by atoms with Crippen LogP contribution in [-0.2, 0) is 12.0 Å². The molecule has 6 heteroatoms. The molecule has 1 N–H and O–H groups in total. The fourth-order valence-electron chi connectivity index (χ4n) is 1.91. The van der Waals surface area contributed by atoms with Gasteiger partial charge in [0.15, 0.2) is 5.82 Å². The number of urea groups is 1. The molecule has 22 heavy (non-hydrogen) atoms. The van der Waals surface area contributed by atoms with E-state index in [0.717, 1.165) is 17.0 Å². The number of furan rings is 1. The van der Waals surface area contributed by atoms with Crippen molar-refractivity contribution in [1.82, 2.24) is 15.1 Å². The molecule has 2 amide bonds. The average molecular weight is 302 g/mol. The van der Waals surface area contributed by atoms with Gasteiger partial charge in [-0.05, 0) is 25.1 Å². The van der Waals surface area contributed by atoms with E-state index < -0.39 is 0 Å². The second-order valence-corrected chi connectivity index (χ2v) is 6.34. The molecular formula is C16H22N4O2. The summed E-state index contributed by atoms with van der Waals surface area (Å²) in [4.78, 5) is 13.7. The third-order valence-corrected chi connectivity index (χ3v) is 3.39. The van der Waals surface area contributed by atoms with Crippen LogP contribution in [0, 0.1) is 6.92 Å². The molecule has 0 aliphatic carbocycles. The van der Waals surface area contributed by atoms with Gasteiger partial charge in [0.25, 0.3) is 0 Å². The molecule has 2 aromatic heterocycles. The number of aromatic nitrogens is 2. The maximum absolute atomic E-state index is 12.1. The number of carbonyl (C=O) groups is 1. The van der Waals surface area contributed by atoms with E-state index in [2.05, 4.69) is 36.3 Å². The minimum Gasteiger partial charge on any atom is -0.469 e. The molecule has 0 aliphatic heterocycles. The quantitative estimate of drug-likeness (QED) is 0.944. The number of carbonyl (C=O) groups excluding carboxylic acids is 1. The summed E-state index contributed by atoms with van der Waals surface area (Å²) in [5.74, 6) is 1.25. The van der Waals surface area contributed by atoms with Gasteiger partial charge in [-0.15, -0.1) is 5.10 Å². The van der Waals surface area contributed by atoms with Gasteiger partial charge >= 0.3 is 6.03 Å². The Hall–Kier alpha value is -2.37. The lowest BCUT2D eigenvalue weighted by molar-refractivity contribution is 0.220. The van der Waals surface area contributed by atoms with Crippen LogP contribution < -0.4 is 5.32 Å². The van der Waals surface area contributed by atoms with Crippen LogP contribution in [-0.4, -0.2) is 28.2 Å². The molecule has 6 nitrogen and oxygen atoms in total. The topological polar surface area (TPSA) is 71.3 Å². The van der Waals surface area contributed by atoms with Crippen molar-refractivity contribution in [2.24, 2.45) is 0 Å². The first-order chi connectivity index (χ1) is 10.3. The number of hydrogen-bond acceptors (Lipinski definition) is 4. The molecule has 0 aliphatic rings. The van der Waals surface area contributed by atoms with Crippen LogP contribution in [0.3, 0.4) is 0 Å². The van der Waals surface area contributed by atoms with Crippen LogP contribution in [0.5, 0.6) is 0 Å². The molecular weight excluding hydrogens is 280 g/mol. The molecule has 2 aromatic rings. The highest BCUT2D eigenvalue weighted by Gasteiger charge is 2.17. The molecule has 0 saturated carbocycles. The van der Waals surface area contributed by atoms with E-state index in [9.17, 15) is 4.79 Å². The van der Waals surface area contributed by atoms with Gasteiger partial charge in [0.2, 0.25) is 0 Å². The maximum atomic E-state index is 12.1. The Morgan fingerprint density at radius 1 is 1.27 bits per heavy atom. The van der Waals surface area contributed by atoms with Crippen molar-refractivity contribution in [2.45, 2.75) is 39.7 Å². The Balaban J connectivity index is 1.98. The van der Waals surface area contributed by atoms with E-state index in [-0.39, 0.29) is 11.4 Å². The Morgan fingerprint density at radius 2 is 2.00 bits per heavy atom. The monoisotopic (exact) mass is 302 g/mol. The molecule has 118 valence electrons. The second kappa shape index (κ2) is 6.17. The first kappa shape index (κ1) is 16.0. The predicted molar refractivity (Wildman–Crippen MR) is 84.7 cm³/mol. The zero-order valence-electron chi connectivity index (χ0n) is 13.7. The molecule has 0 spiro atoms. The van der Waals surface area contributed by atoms with Crippen molar-refractivity contribution >= 4 is 11.8 Å². The number of anilines is 1. The standard InChI is InChI=1S/C16H22N4O2/c1-11-12(8-9-22-11)10-20(5)15(21)17-14-7-6-13(18-19-14)16(2,3)4/h6-9H,10H2,1-5H3,(H,17,19,21). The highest BCUT2D eigenvalue weighted by Crippen LogP contribution is 2.19. The van der Waals surface area contributed by atoms with Gasteiger partial charge in [-0.25, -0.2) is 4.79 Å². The fraction of sp³-hybridized carbons (Fsp3) is 0.438. The third-order valence-electron chi connectivity index (χ3n) is 3.39. The van der Waals surface area contributed by atoms with Crippen molar-refractivity contribution in [3.05, 3.63) is 41.5 Å². The van der Waals surface area contributed by atoms with E-state index in [0.29, 0.717) is 12.4 Å². The minimum absolute atomic E-state index is 0.0643. The Labute approximate surface area is 130 Å². The lowest BCUT2D eigenvalue weighted by atomic mass is 9.92.